The Morgan fingerprint density at radius 1 is 1.43 bits per heavy atom. The summed E-state index contributed by atoms with van der Waals surface area (Å²) in [7, 11) is 0. The number of halogens is 1. The van der Waals surface area contributed by atoms with Gasteiger partial charge in [-0.1, -0.05) is 11.6 Å². The number of urea groups is 1. The minimum atomic E-state index is -1.07. The van der Waals surface area contributed by atoms with E-state index in [0.29, 0.717) is 18.8 Å². The molecule has 0 aliphatic carbocycles. The highest BCUT2D eigenvalue weighted by atomic mass is 35.5. The first-order chi connectivity index (χ1) is 10.0. The lowest BCUT2D eigenvalue weighted by atomic mass is 9.99. The Morgan fingerprint density at radius 2 is 2.19 bits per heavy atom. The van der Waals surface area contributed by atoms with Crippen LogP contribution in [0, 0.1) is 5.92 Å². The molecule has 0 bridgehead atoms. The summed E-state index contributed by atoms with van der Waals surface area (Å²) < 4.78 is 0. The number of benzene rings is 1. The van der Waals surface area contributed by atoms with Gasteiger partial charge in [-0.05, 0) is 37.0 Å². The SMILES string of the molecule is O=C(O)c1ccc(NC(=O)N2CCCC(CO)C2)c(Cl)c1. The van der Waals surface area contributed by atoms with E-state index in [1.807, 2.05) is 0 Å². The van der Waals surface area contributed by atoms with E-state index < -0.39 is 5.97 Å². The third-order valence-corrected chi connectivity index (χ3v) is 3.83. The molecule has 6 nitrogen and oxygen atoms in total. The molecular weight excluding hydrogens is 296 g/mol. The van der Waals surface area contributed by atoms with Gasteiger partial charge in [0.05, 0.1) is 16.3 Å². The Bertz CT molecular complexity index is 550. The van der Waals surface area contributed by atoms with Crippen molar-refractivity contribution in [1.29, 1.82) is 0 Å². The third kappa shape index (κ3) is 3.86. The fourth-order valence-corrected chi connectivity index (χ4v) is 2.57. The monoisotopic (exact) mass is 312 g/mol. The van der Waals surface area contributed by atoms with Gasteiger partial charge < -0.3 is 20.4 Å². The largest absolute Gasteiger partial charge is 0.478 e. The first-order valence-electron chi connectivity index (χ1n) is 6.71. The van der Waals surface area contributed by atoms with Crippen LogP contribution in [0.25, 0.3) is 0 Å². The van der Waals surface area contributed by atoms with Crippen LogP contribution in [0.15, 0.2) is 18.2 Å². The number of hydrogen-bond donors (Lipinski definition) is 3. The molecule has 1 aromatic carbocycles. The van der Waals surface area contributed by atoms with Crippen LogP contribution in [-0.2, 0) is 0 Å². The van der Waals surface area contributed by atoms with Crippen molar-refractivity contribution in [3.05, 3.63) is 28.8 Å². The molecule has 0 radical (unpaired) electrons. The van der Waals surface area contributed by atoms with Gasteiger partial charge in [0, 0.05) is 19.7 Å². The molecule has 1 heterocycles. The van der Waals surface area contributed by atoms with Crippen LogP contribution in [0.1, 0.15) is 23.2 Å². The number of piperidine rings is 1. The zero-order chi connectivity index (χ0) is 15.4. The van der Waals surface area contributed by atoms with Crippen LogP contribution in [0.2, 0.25) is 5.02 Å². The molecule has 0 saturated carbocycles. The summed E-state index contributed by atoms with van der Waals surface area (Å²) in [4.78, 5) is 24.6. The standard InChI is InChI=1S/C14H17ClN2O4/c15-11-6-10(13(19)20)3-4-12(11)16-14(21)17-5-1-2-9(7-17)8-18/h3-4,6,9,18H,1-2,5,7-8H2,(H,16,21)(H,19,20). The summed E-state index contributed by atoms with van der Waals surface area (Å²) in [6.07, 6.45) is 1.76. The lowest BCUT2D eigenvalue weighted by Crippen LogP contribution is -2.43. The Morgan fingerprint density at radius 3 is 2.81 bits per heavy atom. The zero-order valence-electron chi connectivity index (χ0n) is 11.4. The lowest BCUT2D eigenvalue weighted by Gasteiger charge is -2.31. The zero-order valence-corrected chi connectivity index (χ0v) is 12.1. The summed E-state index contributed by atoms with van der Waals surface area (Å²) in [6.45, 7) is 1.21. The molecule has 3 N–H and O–H groups in total. The van der Waals surface area contributed by atoms with Crippen molar-refractivity contribution in [1.82, 2.24) is 4.90 Å². The van der Waals surface area contributed by atoms with Crippen molar-refractivity contribution >= 4 is 29.3 Å². The Balaban J connectivity index is 2.04. The van der Waals surface area contributed by atoms with E-state index >= 15 is 0 Å². The van der Waals surface area contributed by atoms with Crippen molar-refractivity contribution in [3.63, 3.8) is 0 Å². The van der Waals surface area contributed by atoms with Crippen LogP contribution < -0.4 is 5.32 Å². The van der Waals surface area contributed by atoms with Crippen molar-refractivity contribution in [2.75, 3.05) is 25.0 Å². The number of aliphatic hydroxyl groups is 1. The van der Waals surface area contributed by atoms with Gasteiger partial charge in [0.15, 0.2) is 0 Å². The summed E-state index contributed by atoms with van der Waals surface area (Å²) in [6, 6.07) is 3.86. The molecule has 1 saturated heterocycles. The van der Waals surface area contributed by atoms with E-state index in [9.17, 15) is 14.7 Å². The number of carbonyl (C=O) groups excluding carboxylic acids is 1. The van der Waals surface area contributed by atoms with Crippen LogP contribution in [0.4, 0.5) is 10.5 Å². The van der Waals surface area contributed by atoms with E-state index in [1.54, 1.807) is 4.90 Å². The number of likely N-dealkylation sites (tertiary alicyclic amines) is 1. The second-order valence-electron chi connectivity index (χ2n) is 5.07. The number of aliphatic hydroxyl groups excluding tert-OH is 1. The van der Waals surface area contributed by atoms with Crippen molar-refractivity contribution in [2.24, 2.45) is 5.92 Å². The first-order valence-corrected chi connectivity index (χ1v) is 7.08. The number of carboxylic acid groups (broad SMARTS) is 1. The highest BCUT2D eigenvalue weighted by molar-refractivity contribution is 6.34. The van der Waals surface area contributed by atoms with Gasteiger partial charge in [0.25, 0.3) is 0 Å². The van der Waals surface area contributed by atoms with Crippen LogP contribution in [-0.4, -0.2) is 46.8 Å². The van der Waals surface area contributed by atoms with Gasteiger partial charge in [0.2, 0.25) is 0 Å². The smallest absolute Gasteiger partial charge is 0.335 e. The van der Waals surface area contributed by atoms with E-state index in [2.05, 4.69) is 5.32 Å². The maximum atomic E-state index is 12.2. The molecule has 0 spiro atoms. The van der Waals surface area contributed by atoms with E-state index in [1.165, 1.54) is 18.2 Å². The van der Waals surface area contributed by atoms with Gasteiger partial charge in [-0.25, -0.2) is 9.59 Å². The van der Waals surface area contributed by atoms with E-state index in [-0.39, 0.29) is 29.1 Å². The number of nitrogens with zero attached hydrogens (tertiary/aromatic N) is 1. The summed E-state index contributed by atoms with van der Waals surface area (Å²) in [5, 5.41) is 20.9. The predicted molar refractivity (Wildman–Crippen MR) is 78.8 cm³/mol. The molecule has 1 aromatic rings. The molecule has 1 fully saturated rings. The second-order valence-corrected chi connectivity index (χ2v) is 5.47. The van der Waals surface area contributed by atoms with Crippen molar-refractivity contribution in [2.45, 2.75) is 12.8 Å². The Hall–Kier alpha value is -1.79. The quantitative estimate of drug-likeness (QED) is 0.798. The molecular formula is C14H17ClN2O4. The number of hydrogen-bond acceptors (Lipinski definition) is 3. The summed E-state index contributed by atoms with van der Waals surface area (Å²) >= 11 is 5.98. The normalized spacial score (nSPS) is 18.4. The highest BCUT2D eigenvalue weighted by Gasteiger charge is 2.23. The van der Waals surface area contributed by atoms with Crippen molar-refractivity contribution in [3.8, 4) is 0 Å². The molecule has 1 atom stereocenters. The number of amides is 2. The molecule has 7 heteroatoms. The lowest BCUT2D eigenvalue weighted by molar-refractivity contribution is 0.0697. The van der Waals surface area contributed by atoms with Gasteiger partial charge in [-0.15, -0.1) is 0 Å². The molecule has 2 amide bonds. The van der Waals surface area contributed by atoms with Gasteiger partial charge >= 0.3 is 12.0 Å². The van der Waals surface area contributed by atoms with Gasteiger partial charge in [-0.2, -0.15) is 0 Å². The minimum Gasteiger partial charge on any atom is -0.478 e. The fraction of sp³-hybridized carbons (Fsp3) is 0.429. The molecule has 114 valence electrons. The topological polar surface area (TPSA) is 89.9 Å². The molecule has 1 aliphatic rings. The van der Waals surface area contributed by atoms with E-state index in [0.717, 1.165) is 12.8 Å². The summed E-state index contributed by atoms with van der Waals surface area (Å²) in [5.74, 6) is -0.967. The Kier molecular flexibility index (Phi) is 5.03. The molecule has 0 aromatic heterocycles. The molecule has 1 unspecified atom stereocenters. The van der Waals surface area contributed by atoms with Gasteiger partial charge in [-0.3, -0.25) is 0 Å². The molecule has 1 aliphatic heterocycles. The predicted octanol–water partition coefficient (Wildman–Crippen LogP) is 2.27. The number of nitrogens with one attached hydrogen (secondary N) is 1. The third-order valence-electron chi connectivity index (χ3n) is 3.52. The average molecular weight is 313 g/mol. The van der Waals surface area contributed by atoms with Gasteiger partial charge in [0.1, 0.15) is 0 Å². The maximum absolute atomic E-state index is 12.2. The highest BCUT2D eigenvalue weighted by Crippen LogP contribution is 2.24. The molecule has 2 rings (SSSR count). The number of carboxylic acids is 1. The fourth-order valence-electron chi connectivity index (χ4n) is 2.34. The summed E-state index contributed by atoms with van der Waals surface area (Å²) in [5.41, 5.74) is 0.439. The number of rotatable bonds is 3. The number of aromatic carboxylic acids is 1. The average Bonchev–Trinajstić information content (AvgIpc) is 2.49. The molecule has 21 heavy (non-hydrogen) atoms. The number of anilines is 1. The van der Waals surface area contributed by atoms with Crippen molar-refractivity contribution < 1.29 is 19.8 Å². The second kappa shape index (κ2) is 6.78. The van der Waals surface area contributed by atoms with Crippen LogP contribution in [0.3, 0.4) is 0 Å². The Labute approximate surface area is 127 Å². The first kappa shape index (κ1) is 15.6. The van der Waals surface area contributed by atoms with Crippen LogP contribution >= 0.6 is 11.6 Å². The van der Waals surface area contributed by atoms with Crippen LogP contribution in [0.5, 0.6) is 0 Å². The minimum absolute atomic E-state index is 0.0660. The number of carbonyl (C=O) groups is 2. The van der Waals surface area contributed by atoms with E-state index in [4.69, 9.17) is 16.7 Å². The maximum Gasteiger partial charge on any atom is 0.335 e.